The molecule has 0 fully saturated rings. The minimum Gasteiger partial charge on any atom is -0.307 e. The molecule has 12 rings (SSSR count). The number of fused-ring (bicyclic) bond motifs is 14. The first-order valence-electron chi connectivity index (χ1n) is 19.2. The number of aromatic nitrogens is 2. The maximum absolute atomic E-state index is 15.2. The molecule has 0 N–H and O–H groups in total. The highest BCUT2D eigenvalue weighted by Crippen LogP contribution is 2.49. The van der Waals surface area contributed by atoms with Crippen LogP contribution in [0.3, 0.4) is 0 Å². The molecule has 0 aliphatic rings. The van der Waals surface area contributed by atoms with Gasteiger partial charge in [0.1, 0.15) is 11.6 Å². The first kappa shape index (κ1) is 34.1. The van der Waals surface area contributed by atoms with Crippen LogP contribution in [-0.4, -0.2) is 9.13 Å². The first-order valence-corrected chi connectivity index (χ1v) is 20.9. The Morgan fingerprint density at radius 3 is 1.61 bits per heavy atom. The highest BCUT2D eigenvalue weighted by Gasteiger charge is 2.36. The Bertz CT molecular complexity index is 3810. The van der Waals surface area contributed by atoms with Crippen molar-refractivity contribution in [3.8, 4) is 28.6 Å². The Morgan fingerprint density at radius 2 is 1.03 bits per heavy atom. The molecule has 0 aliphatic carbocycles. The van der Waals surface area contributed by atoms with Crippen LogP contribution in [-0.2, 0) is 6.18 Å². The number of nitrogens with zero attached hydrogens (tertiary/aromatic N) is 3. The molecule has 8 aromatic carbocycles. The van der Waals surface area contributed by atoms with E-state index < -0.39 is 11.7 Å². The Labute approximate surface area is 342 Å². The van der Waals surface area contributed by atoms with Crippen molar-refractivity contribution in [1.29, 1.82) is 5.26 Å². The van der Waals surface area contributed by atoms with Crippen molar-refractivity contribution >= 4 is 107 Å². The second kappa shape index (κ2) is 12.3. The molecule has 0 saturated heterocycles. The van der Waals surface area contributed by atoms with Crippen LogP contribution in [0, 0.1) is 18.3 Å². The molecule has 0 radical (unpaired) electrons. The molecule has 0 saturated carbocycles. The molecule has 59 heavy (non-hydrogen) atoms. The van der Waals surface area contributed by atoms with Gasteiger partial charge in [0.25, 0.3) is 0 Å². The van der Waals surface area contributed by atoms with Crippen molar-refractivity contribution in [3.63, 3.8) is 0 Å². The number of thiophene rings is 2. The molecule has 0 unspecified atom stereocenters. The Hall–Kier alpha value is -6.92. The van der Waals surface area contributed by atoms with Crippen LogP contribution in [0.5, 0.6) is 0 Å². The second-order valence-corrected chi connectivity index (χ2v) is 17.2. The zero-order chi connectivity index (χ0) is 39.7. The van der Waals surface area contributed by atoms with Gasteiger partial charge in [0.15, 0.2) is 0 Å². The third kappa shape index (κ3) is 4.68. The number of benzene rings is 8. The van der Waals surface area contributed by atoms with Gasteiger partial charge in [-0.1, -0.05) is 103 Å². The fourth-order valence-electron chi connectivity index (χ4n) is 9.59. The summed E-state index contributed by atoms with van der Waals surface area (Å²) in [6, 6.07) is 52.0. The molecule has 0 spiro atoms. The summed E-state index contributed by atoms with van der Waals surface area (Å²) in [5.41, 5.74) is 4.90. The number of halogens is 3. The number of aryl methyl sites for hydroxylation is 1. The van der Waals surface area contributed by atoms with E-state index in [-0.39, 0.29) is 11.1 Å². The summed E-state index contributed by atoms with van der Waals surface area (Å²) >= 11 is 3.41. The molecule has 12 aromatic rings. The number of para-hydroxylation sites is 2. The minimum atomic E-state index is -4.65. The maximum Gasteiger partial charge on any atom is 0.417 e. The van der Waals surface area contributed by atoms with Crippen LogP contribution >= 0.6 is 22.7 Å². The van der Waals surface area contributed by atoms with Gasteiger partial charge in [-0.05, 0) is 66.6 Å². The molecule has 0 amide bonds. The lowest BCUT2D eigenvalue weighted by atomic mass is 9.91. The third-order valence-electron chi connectivity index (χ3n) is 11.9. The zero-order valence-corrected chi connectivity index (χ0v) is 32.9. The second-order valence-electron chi connectivity index (χ2n) is 15.0. The number of rotatable bonds is 3. The van der Waals surface area contributed by atoms with Gasteiger partial charge >= 0.3 is 6.18 Å². The number of alkyl halides is 3. The van der Waals surface area contributed by atoms with E-state index in [1.54, 1.807) is 35.7 Å². The van der Waals surface area contributed by atoms with Crippen molar-refractivity contribution in [2.24, 2.45) is 0 Å². The lowest BCUT2D eigenvalue weighted by Crippen LogP contribution is -2.11. The SMILES string of the molecule is Cc1cccc(C(F)(F)F)c1-c1ccc(-n2c3ccccc3c3ccc4sc5ccccc5c4c32)c(C#N)c1-n1c2ccccc2c2ccc3sc4ccccc4c3c21. The molecule has 0 aliphatic heterocycles. The molecule has 0 bridgehead atoms. The van der Waals surface area contributed by atoms with Gasteiger partial charge in [0.05, 0.1) is 39.0 Å². The molecule has 8 heteroatoms. The van der Waals surface area contributed by atoms with Crippen LogP contribution in [0.1, 0.15) is 16.7 Å². The van der Waals surface area contributed by atoms with E-state index in [1.807, 2.05) is 66.7 Å². The van der Waals surface area contributed by atoms with E-state index in [0.29, 0.717) is 22.5 Å². The van der Waals surface area contributed by atoms with Crippen LogP contribution < -0.4 is 0 Å². The highest BCUT2D eigenvalue weighted by atomic mass is 32.1. The summed E-state index contributed by atoms with van der Waals surface area (Å²) in [6.07, 6.45) is -4.65. The quantitative estimate of drug-likeness (QED) is 0.175. The summed E-state index contributed by atoms with van der Waals surface area (Å²) < 4.78 is 54.4. The average Bonchev–Trinajstić information content (AvgIpc) is 4.00. The van der Waals surface area contributed by atoms with E-state index >= 15 is 13.2 Å². The average molecular weight is 804 g/mol. The molecule has 3 nitrogen and oxygen atoms in total. The first-order chi connectivity index (χ1) is 28.8. The monoisotopic (exact) mass is 803 g/mol. The van der Waals surface area contributed by atoms with Crippen molar-refractivity contribution in [2.75, 3.05) is 0 Å². The highest BCUT2D eigenvalue weighted by molar-refractivity contribution is 7.26. The Balaban J connectivity index is 1.34. The number of hydrogen-bond donors (Lipinski definition) is 0. The van der Waals surface area contributed by atoms with Gasteiger partial charge in [-0.25, -0.2) is 0 Å². The fraction of sp³-hybridized carbons (Fsp3) is 0.0392. The molecular weight excluding hydrogens is 776 g/mol. The topological polar surface area (TPSA) is 33.6 Å². The van der Waals surface area contributed by atoms with Crippen molar-refractivity contribution in [3.05, 3.63) is 168 Å². The molecule has 4 aromatic heterocycles. The molecule has 280 valence electrons. The summed E-state index contributed by atoms with van der Waals surface area (Å²) in [4.78, 5) is 0. The van der Waals surface area contributed by atoms with Crippen molar-refractivity contribution < 1.29 is 13.2 Å². The lowest BCUT2D eigenvalue weighted by Gasteiger charge is -2.23. The van der Waals surface area contributed by atoms with Crippen LogP contribution in [0.2, 0.25) is 0 Å². The van der Waals surface area contributed by atoms with Gasteiger partial charge in [0.2, 0.25) is 0 Å². The van der Waals surface area contributed by atoms with E-state index in [4.69, 9.17) is 0 Å². The Morgan fingerprint density at radius 1 is 0.508 bits per heavy atom. The van der Waals surface area contributed by atoms with Gasteiger partial charge < -0.3 is 9.13 Å². The smallest absolute Gasteiger partial charge is 0.307 e. The molecule has 0 atom stereocenters. The van der Waals surface area contributed by atoms with Crippen LogP contribution in [0.15, 0.2) is 152 Å². The number of nitriles is 1. The molecule has 4 heterocycles. The van der Waals surface area contributed by atoms with Gasteiger partial charge in [-0.3, -0.25) is 0 Å². The largest absolute Gasteiger partial charge is 0.417 e. The Kier molecular flexibility index (Phi) is 7.12. The zero-order valence-electron chi connectivity index (χ0n) is 31.2. The van der Waals surface area contributed by atoms with Crippen LogP contribution in [0.4, 0.5) is 13.2 Å². The maximum atomic E-state index is 15.2. The van der Waals surface area contributed by atoms with Gasteiger partial charge in [-0.2, -0.15) is 18.4 Å². The third-order valence-corrected chi connectivity index (χ3v) is 14.2. The van der Waals surface area contributed by atoms with Crippen molar-refractivity contribution in [1.82, 2.24) is 9.13 Å². The van der Waals surface area contributed by atoms with E-state index in [0.717, 1.165) is 90.0 Å². The molecular formula is C51H28F3N3S2. The standard InChI is InChI=1S/C51H28F3N3S2/c1-28-11-10-16-37(51(52,53)54)45(28)35-21-24-40(56-38-17-6-2-12-29(38)31-22-25-43-46(49(31)56)33-14-4-8-19-41(33)58-43)36(27-55)48(35)57-39-18-7-3-13-30(39)32-23-26-44-47(50(32)57)34-15-5-9-20-42(34)59-44/h2-26H,1H3. The summed E-state index contributed by atoms with van der Waals surface area (Å²) in [6.45, 7) is 1.72. The van der Waals surface area contributed by atoms with Crippen molar-refractivity contribution in [2.45, 2.75) is 13.1 Å². The van der Waals surface area contributed by atoms with E-state index in [9.17, 15) is 5.26 Å². The lowest BCUT2D eigenvalue weighted by molar-refractivity contribution is -0.137. The van der Waals surface area contributed by atoms with Gasteiger partial charge in [-0.15, -0.1) is 22.7 Å². The number of hydrogen-bond acceptors (Lipinski definition) is 3. The van der Waals surface area contributed by atoms with Gasteiger partial charge in [0, 0.05) is 67.5 Å². The normalized spacial score (nSPS) is 12.4. The summed E-state index contributed by atoms with van der Waals surface area (Å²) in [5.74, 6) is 0. The predicted molar refractivity (Wildman–Crippen MR) is 241 cm³/mol. The summed E-state index contributed by atoms with van der Waals surface area (Å²) in [7, 11) is 0. The van der Waals surface area contributed by atoms with E-state index in [1.165, 1.54) is 6.07 Å². The minimum absolute atomic E-state index is 0.0553. The fourth-order valence-corrected chi connectivity index (χ4v) is 11.8. The predicted octanol–water partition coefficient (Wildman–Crippen LogP) is 15.5. The summed E-state index contributed by atoms with van der Waals surface area (Å²) in [5, 5.41) is 20.0. The van der Waals surface area contributed by atoms with E-state index in [2.05, 4.69) is 81.9 Å². The van der Waals surface area contributed by atoms with Crippen LogP contribution in [0.25, 0.3) is 106 Å².